The minimum absolute atomic E-state index is 0.0193. The van der Waals surface area contributed by atoms with Gasteiger partial charge in [-0.3, -0.25) is 4.57 Å². The van der Waals surface area contributed by atoms with Gasteiger partial charge >= 0.3 is 6.09 Å². The standard InChI is InChI=1S/C24H27BrN6O2/c1-15-13-30(23(32)33-24(3,4)5)16(2)12-29(15)19-7-9-28-22-21(19)18(25)14-31(22)20-10-17(11-26)6-8-27-20/h6-10,14-16H,12-13H2,1-5H3/t15-,16+/m0/s1. The highest BCUT2D eigenvalue weighted by molar-refractivity contribution is 9.10. The van der Waals surface area contributed by atoms with Crippen LogP contribution < -0.4 is 4.90 Å². The van der Waals surface area contributed by atoms with Gasteiger partial charge in [0.15, 0.2) is 0 Å². The maximum atomic E-state index is 12.7. The molecule has 3 aromatic heterocycles. The van der Waals surface area contributed by atoms with E-state index in [4.69, 9.17) is 4.74 Å². The van der Waals surface area contributed by atoms with Gasteiger partial charge in [0.2, 0.25) is 0 Å². The second-order valence-electron chi connectivity index (χ2n) is 9.37. The molecule has 33 heavy (non-hydrogen) atoms. The number of anilines is 1. The van der Waals surface area contributed by atoms with Crippen molar-refractivity contribution in [2.75, 3.05) is 18.0 Å². The zero-order chi connectivity index (χ0) is 23.9. The van der Waals surface area contributed by atoms with Crippen molar-refractivity contribution in [3.05, 3.63) is 46.8 Å². The number of rotatable bonds is 2. The van der Waals surface area contributed by atoms with Crippen molar-refractivity contribution in [2.24, 2.45) is 0 Å². The summed E-state index contributed by atoms with van der Waals surface area (Å²) in [6, 6.07) is 7.64. The Kier molecular flexibility index (Phi) is 6.06. The quantitative estimate of drug-likeness (QED) is 0.487. The van der Waals surface area contributed by atoms with Crippen LogP contribution in [0, 0.1) is 11.3 Å². The van der Waals surface area contributed by atoms with Gasteiger partial charge in [0, 0.05) is 48.2 Å². The lowest BCUT2D eigenvalue weighted by molar-refractivity contribution is 0.0130. The van der Waals surface area contributed by atoms with Gasteiger partial charge in [-0.05, 0) is 68.7 Å². The summed E-state index contributed by atoms with van der Waals surface area (Å²) in [6.07, 6.45) is 5.05. The van der Waals surface area contributed by atoms with Crippen molar-refractivity contribution in [1.29, 1.82) is 5.26 Å². The molecule has 0 aromatic carbocycles. The Morgan fingerprint density at radius 2 is 1.91 bits per heavy atom. The number of fused-ring (bicyclic) bond motifs is 1. The van der Waals surface area contributed by atoms with E-state index in [0.717, 1.165) is 21.2 Å². The van der Waals surface area contributed by atoms with E-state index < -0.39 is 5.60 Å². The summed E-state index contributed by atoms with van der Waals surface area (Å²) in [6.45, 7) is 11.0. The second kappa shape index (κ2) is 8.67. The van der Waals surface area contributed by atoms with Gasteiger partial charge < -0.3 is 14.5 Å². The van der Waals surface area contributed by atoms with E-state index in [-0.39, 0.29) is 18.2 Å². The largest absolute Gasteiger partial charge is 0.444 e. The van der Waals surface area contributed by atoms with E-state index >= 15 is 0 Å². The third-order valence-electron chi connectivity index (χ3n) is 5.66. The second-order valence-corrected chi connectivity index (χ2v) is 10.2. The third kappa shape index (κ3) is 4.53. The molecule has 0 spiro atoms. The first-order valence-electron chi connectivity index (χ1n) is 10.9. The normalized spacial score (nSPS) is 18.9. The number of ether oxygens (including phenoxy) is 1. The summed E-state index contributed by atoms with van der Waals surface area (Å²) >= 11 is 3.71. The molecule has 8 nitrogen and oxygen atoms in total. The van der Waals surface area contributed by atoms with Gasteiger partial charge in [-0.25, -0.2) is 14.8 Å². The molecule has 9 heteroatoms. The van der Waals surface area contributed by atoms with E-state index in [9.17, 15) is 10.1 Å². The SMILES string of the molecule is C[C@@H]1CN(c2ccnc3c2c(Br)cn3-c2cc(C#N)ccn2)[C@@H](C)CN1C(=O)OC(C)(C)C. The molecule has 2 atom stereocenters. The van der Waals surface area contributed by atoms with Gasteiger partial charge in [-0.1, -0.05) is 0 Å². The average Bonchev–Trinajstić information content (AvgIpc) is 3.11. The Morgan fingerprint density at radius 3 is 2.61 bits per heavy atom. The summed E-state index contributed by atoms with van der Waals surface area (Å²) < 4.78 is 8.39. The summed E-state index contributed by atoms with van der Waals surface area (Å²) in [7, 11) is 0. The summed E-state index contributed by atoms with van der Waals surface area (Å²) in [5.41, 5.74) is 1.79. The first-order valence-corrected chi connectivity index (χ1v) is 11.7. The zero-order valence-electron chi connectivity index (χ0n) is 19.4. The molecular formula is C24H27BrN6O2. The molecule has 1 aliphatic heterocycles. The van der Waals surface area contributed by atoms with Crippen LogP contribution in [0.5, 0.6) is 0 Å². The predicted molar refractivity (Wildman–Crippen MR) is 130 cm³/mol. The minimum Gasteiger partial charge on any atom is -0.444 e. The van der Waals surface area contributed by atoms with Crippen molar-refractivity contribution in [3.8, 4) is 11.9 Å². The number of halogens is 1. The Hall–Kier alpha value is -3.12. The lowest BCUT2D eigenvalue weighted by Crippen LogP contribution is -2.59. The fourth-order valence-corrected chi connectivity index (χ4v) is 4.75. The summed E-state index contributed by atoms with van der Waals surface area (Å²) in [5, 5.41) is 10.2. The van der Waals surface area contributed by atoms with E-state index in [2.05, 4.69) is 43.8 Å². The van der Waals surface area contributed by atoms with E-state index in [1.807, 2.05) is 49.4 Å². The highest BCUT2D eigenvalue weighted by atomic mass is 79.9. The zero-order valence-corrected chi connectivity index (χ0v) is 21.0. The highest BCUT2D eigenvalue weighted by Gasteiger charge is 2.35. The van der Waals surface area contributed by atoms with E-state index in [1.54, 1.807) is 24.5 Å². The van der Waals surface area contributed by atoms with Crippen LogP contribution in [-0.4, -0.2) is 56.3 Å². The first-order chi connectivity index (χ1) is 15.6. The Balaban J connectivity index is 1.69. The molecule has 0 unspecified atom stereocenters. The number of nitrogens with zero attached hydrogens (tertiary/aromatic N) is 6. The first kappa shape index (κ1) is 23.1. The number of piperazine rings is 1. The molecule has 1 amide bonds. The van der Waals surface area contributed by atoms with Crippen LogP contribution in [0.3, 0.4) is 0 Å². The lowest BCUT2D eigenvalue weighted by atomic mass is 10.1. The number of aromatic nitrogens is 3. The van der Waals surface area contributed by atoms with Crippen LogP contribution in [-0.2, 0) is 4.74 Å². The number of amides is 1. The van der Waals surface area contributed by atoms with Crippen LogP contribution in [0.1, 0.15) is 40.2 Å². The van der Waals surface area contributed by atoms with Crippen LogP contribution in [0.2, 0.25) is 0 Å². The van der Waals surface area contributed by atoms with Gasteiger partial charge in [0.1, 0.15) is 17.1 Å². The van der Waals surface area contributed by atoms with Crippen molar-refractivity contribution < 1.29 is 9.53 Å². The lowest BCUT2D eigenvalue weighted by Gasteiger charge is -2.45. The van der Waals surface area contributed by atoms with Crippen LogP contribution >= 0.6 is 15.9 Å². The summed E-state index contributed by atoms with van der Waals surface area (Å²) in [4.78, 5) is 25.9. The van der Waals surface area contributed by atoms with Crippen LogP contribution in [0.25, 0.3) is 16.9 Å². The third-order valence-corrected chi connectivity index (χ3v) is 6.26. The molecule has 1 saturated heterocycles. The van der Waals surface area contributed by atoms with E-state index in [0.29, 0.717) is 24.5 Å². The molecule has 3 aromatic rings. The van der Waals surface area contributed by atoms with Gasteiger partial charge in [-0.2, -0.15) is 5.26 Å². The Labute approximate surface area is 201 Å². The molecule has 4 heterocycles. The number of hydrogen-bond acceptors (Lipinski definition) is 6. The monoisotopic (exact) mass is 510 g/mol. The molecule has 0 radical (unpaired) electrons. The van der Waals surface area contributed by atoms with Gasteiger partial charge in [0.05, 0.1) is 22.7 Å². The Morgan fingerprint density at radius 1 is 1.18 bits per heavy atom. The van der Waals surface area contributed by atoms with Crippen LogP contribution in [0.15, 0.2) is 41.3 Å². The van der Waals surface area contributed by atoms with Crippen LogP contribution in [0.4, 0.5) is 10.5 Å². The average molecular weight is 511 g/mol. The molecular weight excluding hydrogens is 484 g/mol. The van der Waals surface area contributed by atoms with E-state index in [1.165, 1.54) is 0 Å². The minimum atomic E-state index is -0.529. The molecule has 1 aliphatic rings. The number of nitriles is 1. The molecule has 4 rings (SSSR count). The fraction of sp³-hybridized carbons (Fsp3) is 0.417. The summed E-state index contributed by atoms with van der Waals surface area (Å²) in [5.74, 6) is 0.630. The molecule has 0 N–H and O–H groups in total. The van der Waals surface area contributed by atoms with Gasteiger partial charge in [-0.15, -0.1) is 0 Å². The molecule has 0 saturated carbocycles. The van der Waals surface area contributed by atoms with Crippen molar-refractivity contribution in [2.45, 2.75) is 52.3 Å². The molecule has 0 aliphatic carbocycles. The number of carbonyl (C=O) groups excluding carboxylic acids is 1. The molecule has 172 valence electrons. The van der Waals surface area contributed by atoms with Crippen molar-refractivity contribution >= 4 is 38.7 Å². The maximum Gasteiger partial charge on any atom is 0.410 e. The van der Waals surface area contributed by atoms with Crippen molar-refractivity contribution in [1.82, 2.24) is 19.4 Å². The number of pyridine rings is 2. The maximum absolute atomic E-state index is 12.7. The smallest absolute Gasteiger partial charge is 0.410 e. The topological polar surface area (TPSA) is 87.3 Å². The number of carbonyl (C=O) groups is 1. The Bertz CT molecular complexity index is 1240. The molecule has 1 fully saturated rings. The predicted octanol–water partition coefficient (Wildman–Crippen LogP) is 4.89. The highest BCUT2D eigenvalue weighted by Crippen LogP contribution is 2.37. The molecule has 0 bridgehead atoms. The number of hydrogen-bond donors (Lipinski definition) is 0. The van der Waals surface area contributed by atoms with Gasteiger partial charge in [0.25, 0.3) is 0 Å². The van der Waals surface area contributed by atoms with Crippen molar-refractivity contribution in [3.63, 3.8) is 0 Å². The fourth-order valence-electron chi connectivity index (χ4n) is 4.16.